The molecule has 1 N–H and O–H groups in total. The maximum Gasteiger partial charge on any atom is 0.120 e. The van der Waals surface area contributed by atoms with Crippen molar-refractivity contribution in [3.63, 3.8) is 0 Å². The average molecular weight is 441 g/mol. The second-order valence-corrected chi connectivity index (χ2v) is 9.14. The van der Waals surface area contributed by atoms with Crippen LogP contribution in [0.2, 0.25) is 0 Å². The van der Waals surface area contributed by atoms with Gasteiger partial charge in [0.25, 0.3) is 0 Å². The fourth-order valence-corrected chi connectivity index (χ4v) is 5.06. The van der Waals surface area contributed by atoms with Gasteiger partial charge in [-0.25, -0.2) is 0 Å². The quantitative estimate of drug-likeness (QED) is 0.509. The number of nitrogens with zero attached hydrogens (tertiary/aromatic N) is 2. The summed E-state index contributed by atoms with van der Waals surface area (Å²) in [5, 5.41) is 10.6. The molecular formula is C29H32N2O2. The Morgan fingerprint density at radius 1 is 1.06 bits per heavy atom. The summed E-state index contributed by atoms with van der Waals surface area (Å²) in [5.74, 6) is 1.31. The molecule has 0 radical (unpaired) electrons. The lowest BCUT2D eigenvalue weighted by Crippen LogP contribution is -2.38. The van der Waals surface area contributed by atoms with Gasteiger partial charge in [0.05, 0.1) is 5.69 Å². The zero-order valence-electron chi connectivity index (χ0n) is 19.3. The maximum absolute atomic E-state index is 10.6. The van der Waals surface area contributed by atoms with Gasteiger partial charge in [-0.15, -0.1) is 0 Å². The monoisotopic (exact) mass is 440 g/mol. The first-order valence-corrected chi connectivity index (χ1v) is 12.1. The molecule has 0 saturated heterocycles. The number of aliphatic imine (C=N–C) groups is 1. The van der Waals surface area contributed by atoms with Gasteiger partial charge in [0.15, 0.2) is 0 Å². The van der Waals surface area contributed by atoms with Crippen molar-refractivity contribution in [3.8, 4) is 16.9 Å². The third-order valence-corrected chi connectivity index (χ3v) is 6.88. The van der Waals surface area contributed by atoms with Crippen LogP contribution in [-0.2, 0) is 13.0 Å². The molecule has 0 saturated carbocycles. The van der Waals surface area contributed by atoms with Crippen LogP contribution in [0.5, 0.6) is 5.75 Å². The summed E-state index contributed by atoms with van der Waals surface area (Å²) < 4.78 is 6.01. The van der Waals surface area contributed by atoms with Gasteiger partial charge < -0.3 is 9.84 Å². The Morgan fingerprint density at radius 2 is 1.91 bits per heavy atom. The summed E-state index contributed by atoms with van der Waals surface area (Å²) in [7, 11) is 0. The molecule has 2 atom stereocenters. The number of aliphatic hydroxyl groups is 1. The Hall–Kier alpha value is -2.95. The lowest BCUT2D eigenvalue weighted by atomic mass is 9.87. The number of hydrogen-bond donors (Lipinski definition) is 1. The maximum atomic E-state index is 10.6. The summed E-state index contributed by atoms with van der Waals surface area (Å²) in [5.41, 5.74) is 7.44. The minimum absolute atomic E-state index is 0.282. The van der Waals surface area contributed by atoms with E-state index >= 15 is 0 Å². The number of rotatable bonds is 7. The van der Waals surface area contributed by atoms with Crippen molar-refractivity contribution in [3.05, 3.63) is 83.4 Å². The first kappa shape index (κ1) is 21.9. The summed E-state index contributed by atoms with van der Waals surface area (Å²) in [6.45, 7) is 5.00. The minimum atomic E-state index is -0.529. The van der Waals surface area contributed by atoms with E-state index in [-0.39, 0.29) is 6.61 Å². The van der Waals surface area contributed by atoms with Crippen LogP contribution >= 0.6 is 0 Å². The molecule has 2 unspecified atom stereocenters. The Labute approximate surface area is 196 Å². The number of β-amino-alcohol motifs (C(OH)–C–C–N with tert-alkyl or cyclic N) is 1. The summed E-state index contributed by atoms with van der Waals surface area (Å²) in [6.07, 6.45) is 4.69. The predicted octanol–water partition coefficient (Wildman–Crippen LogP) is 5.75. The number of para-hydroxylation sites is 1. The molecule has 0 fully saturated rings. The van der Waals surface area contributed by atoms with Gasteiger partial charge in [0.2, 0.25) is 0 Å². The van der Waals surface area contributed by atoms with Gasteiger partial charge >= 0.3 is 0 Å². The molecule has 4 nitrogen and oxygen atoms in total. The fraction of sp³-hybridized carbons (Fsp3) is 0.345. The van der Waals surface area contributed by atoms with Crippen LogP contribution in [0, 0.1) is 0 Å². The van der Waals surface area contributed by atoms with E-state index < -0.39 is 6.10 Å². The van der Waals surface area contributed by atoms with Gasteiger partial charge in [0.1, 0.15) is 18.5 Å². The molecule has 0 amide bonds. The largest absolute Gasteiger partial charge is 0.491 e. The highest BCUT2D eigenvalue weighted by Crippen LogP contribution is 2.41. The van der Waals surface area contributed by atoms with Crippen LogP contribution in [0.3, 0.4) is 0 Å². The van der Waals surface area contributed by atoms with Crippen molar-refractivity contribution in [2.45, 2.75) is 44.8 Å². The standard InChI is InChI=1S/C29H32N2O2/c1-2-21-13-15-30-29-27(21)11-6-12-28(29)23-9-5-10-26(17-23)33-20-25(32)19-31-16-14-22-7-3-4-8-24(22)18-31/h3-12,15,17,21,25,32H,2,13-14,16,18-20H2,1H3. The second-order valence-electron chi connectivity index (χ2n) is 9.14. The minimum Gasteiger partial charge on any atom is -0.491 e. The predicted molar refractivity (Wildman–Crippen MR) is 135 cm³/mol. The molecule has 0 bridgehead atoms. The number of ether oxygens (including phenoxy) is 1. The number of aliphatic hydroxyl groups excluding tert-OH is 1. The molecule has 0 aliphatic carbocycles. The van der Waals surface area contributed by atoms with Crippen LogP contribution in [0.4, 0.5) is 5.69 Å². The fourth-order valence-electron chi connectivity index (χ4n) is 5.06. The molecule has 0 aromatic heterocycles. The Bertz CT molecular complexity index is 1140. The van der Waals surface area contributed by atoms with Crippen LogP contribution < -0.4 is 4.74 Å². The van der Waals surface area contributed by atoms with Crippen LogP contribution in [-0.4, -0.2) is 42.0 Å². The highest BCUT2D eigenvalue weighted by molar-refractivity contribution is 5.84. The second kappa shape index (κ2) is 9.90. The van der Waals surface area contributed by atoms with Crippen LogP contribution in [0.1, 0.15) is 42.4 Å². The van der Waals surface area contributed by atoms with Crippen molar-refractivity contribution in [1.29, 1.82) is 0 Å². The van der Waals surface area contributed by atoms with Crippen molar-refractivity contribution >= 4 is 11.9 Å². The van der Waals surface area contributed by atoms with Crippen LogP contribution in [0.25, 0.3) is 11.1 Å². The normalized spacial score (nSPS) is 18.4. The van der Waals surface area contributed by atoms with Crippen molar-refractivity contribution < 1.29 is 9.84 Å². The summed E-state index contributed by atoms with van der Waals surface area (Å²) in [4.78, 5) is 7.05. The number of hydrogen-bond acceptors (Lipinski definition) is 4. The van der Waals surface area contributed by atoms with Gasteiger partial charge in [0, 0.05) is 31.4 Å². The lowest BCUT2D eigenvalue weighted by Gasteiger charge is -2.30. The van der Waals surface area contributed by atoms with Gasteiger partial charge in [-0.2, -0.15) is 0 Å². The van der Waals surface area contributed by atoms with E-state index in [4.69, 9.17) is 9.73 Å². The smallest absolute Gasteiger partial charge is 0.120 e. The van der Waals surface area contributed by atoms with E-state index in [1.165, 1.54) is 16.7 Å². The zero-order chi connectivity index (χ0) is 22.6. The van der Waals surface area contributed by atoms with Gasteiger partial charge in [-0.3, -0.25) is 9.89 Å². The van der Waals surface area contributed by atoms with E-state index in [2.05, 4.69) is 72.6 Å². The van der Waals surface area contributed by atoms with E-state index in [1.54, 1.807) is 0 Å². The molecule has 5 rings (SSSR count). The van der Waals surface area contributed by atoms with Gasteiger partial charge in [-0.05, 0) is 59.6 Å². The van der Waals surface area contributed by atoms with Crippen molar-refractivity contribution in [2.75, 3.05) is 19.7 Å². The van der Waals surface area contributed by atoms with Crippen molar-refractivity contribution in [2.24, 2.45) is 4.99 Å². The number of fused-ring (bicyclic) bond motifs is 2. The summed E-state index contributed by atoms with van der Waals surface area (Å²) >= 11 is 0. The molecule has 4 heteroatoms. The van der Waals surface area contributed by atoms with Crippen LogP contribution in [0.15, 0.2) is 71.7 Å². The number of benzene rings is 3. The molecule has 170 valence electrons. The Kier molecular flexibility index (Phi) is 6.56. The van der Waals surface area contributed by atoms with E-state index in [0.717, 1.165) is 54.9 Å². The topological polar surface area (TPSA) is 45.1 Å². The first-order chi connectivity index (χ1) is 16.2. The van der Waals surface area contributed by atoms with E-state index in [1.807, 2.05) is 12.1 Å². The Balaban J connectivity index is 1.24. The summed E-state index contributed by atoms with van der Waals surface area (Å²) in [6, 6.07) is 23.2. The van der Waals surface area contributed by atoms with E-state index in [9.17, 15) is 5.11 Å². The molecule has 0 spiro atoms. The molecule has 2 aliphatic heterocycles. The SMILES string of the molecule is CCC1CC=Nc2c(-c3cccc(OCC(O)CN4CCc5ccccc5C4)c3)cccc21. The average Bonchev–Trinajstić information content (AvgIpc) is 2.87. The highest BCUT2D eigenvalue weighted by Gasteiger charge is 2.20. The lowest BCUT2D eigenvalue weighted by molar-refractivity contribution is 0.0638. The highest BCUT2D eigenvalue weighted by atomic mass is 16.5. The molecule has 2 aliphatic rings. The van der Waals surface area contributed by atoms with Gasteiger partial charge in [-0.1, -0.05) is 61.5 Å². The molecule has 3 aromatic carbocycles. The zero-order valence-corrected chi connectivity index (χ0v) is 19.3. The molecular weight excluding hydrogens is 408 g/mol. The van der Waals surface area contributed by atoms with E-state index in [0.29, 0.717) is 12.5 Å². The Morgan fingerprint density at radius 3 is 2.79 bits per heavy atom. The molecule has 2 heterocycles. The molecule has 3 aromatic rings. The first-order valence-electron chi connectivity index (χ1n) is 12.1. The molecule has 33 heavy (non-hydrogen) atoms. The third kappa shape index (κ3) is 4.87. The third-order valence-electron chi connectivity index (χ3n) is 6.88. The van der Waals surface area contributed by atoms with Crippen molar-refractivity contribution in [1.82, 2.24) is 4.90 Å².